The smallest absolute Gasteiger partial charge is 0.235 e. The van der Waals surface area contributed by atoms with Crippen LogP contribution in [0.1, 0.15) is 13.8 Å². The predicted octanol–water partition coefficient (Wildman–Crippen LogP) is 2.08. The van der Waals surface area contributed by atoms with Crippen LogP contribution in [0.15, 0.2) is 18.2 Å². The lowest BCUT2D eigenvalue weighted by Gasteiger charge is -2.24. The second-order valence-electron chi connectivity index (χ2n) is 4.87. The van der Waals surface area contributed by atoms with Gasteiger partial charge >= 0.3 is 0 Å². The van der Waals surface area contributed by atoms with Gasteiger partial charge in [-0.1, -0.05) is 0 Å². The van der Waals surface area contributed by atoms with Gasteiger partial charge in [-0.2, -0.15) is 0 Å². The van der Waals surface area contributed by atoms with Crippen LogP contribution in [0.4, 0.5) is 5.69 Å². The van der Waals surface area contributed by atoms with Gasteiger partial charge in [0.1, 0.15) is 18.1 Å². The molecule has 1 aromatic carbocycles. The highest BCUT2D eigenvalue weighted by atomic mass is 16.5. The number of rotatable bonds is 1. The van der Waals surface area contributed by atoms with Crippen molar-refractivity contribution in [3.8, 4) is 11.5 Å². The molecule has 0 aromatic heterocycles. The lowest BCUT2D eigenvalue weighted by Crippen LogP contribution is -2.39. The molecular weight excluding hydrogens is 218 g/mol. The number of carbonyl (C=O) groups excluding carboxylic acids is 1. The highest BCUT2D eigenvalue weighted by molar-refractivity contribution is 5.98. The van der Waals surface area contributed by atoms with Gasteiger partial charge < -0.3 is 14.4 Å². The highest BCUT2D eigenvalue weighted by Crippen LogP contribution is 2.37. The van der Waals surface area contributed by atoms with Crippen molar-refractivity contribution < 1.29 is 14.3 Å². The summed E-state index contributed by atoms with van der Waals surface area (Å²) in [6.07, 6.45) is 0. The molecule has 0 radical (unpaired) electrons. The standard InChI is InChI=1S/C13H17NO3/c1-13(2)8-17-11-6-5-9(16-4)7-10(11)14(3)12(13)15/h5-7H,8H2,1-4H3. The van der Waals surface area contributed by atoms with Crippen molar-refractivity contribution in [1.29, 1.82) is 0 Å². The van der Waals surface area contributed by atoms with Crippen LogP contribution in [0.25, 0.3) is 0 Å². The third kappa shape index (κ3) is 1.95. The fourth-order valence-corrected chi connectivity index (χ4v) is 1.89. The van der Waals surface area contributed by atoms with Gasteiger partial charge in [0.25, 0.3) is 0 Å². The normalized spacial score (nSPS) is 18.1. The summed E-state index contributed by atoms with van der Waals surface area (Å²) in [5.74, 6) is 1.48. The predicted molar refractivity (Wildman–Crippen MR) is 65.7 cm³/mol. The zero-order valence-corrected chi connectivity index (χ0v) is 10.6. The first kappa shape index (κ1) is 11.8. The molecule has 0 spiro atoms. The van der Waals surface area contributed by atoms with Crippen molar-refractivity contribution in [3.05, 3.63) is 18.2 Å². The average Bonchev–Trinajstić information content (AvgIpc) is 2.41. The molecule has 17 heavy (non-hydrogen) atoms. The minimum Gasteiger partial charge on any atom is -0.497 e. The molecule has 92 valence electrons. The molecule has 1 aliphatic rings. The van der Waals surface area contributed by atoms with Crippen molar-refractivity contribution >= 4 is 11.6 Å². The maximum atomic E-state index is 12.2. The number of ether oxygens (including phenoxy) is 2. The van der Waals surface area contributed by atoms with Crippen LogP contribution in [0.3, 0.4) is 0 Å². The Labute approximate surface area is 101 Å². The highest BCUT2D eigenvalue weighted by Gasteiger charge is 2.36. The lowest BCUT2D eigenvalue weighted by molar-refractivity contribution is -0.127. The molecule has 0 aliphatic carbocycles. The Balaban J connectivity index is 2.48. The van der Waals surface area contributed by atoms with Gasteiger partial charge in [0.2, 0.25) is 5.91 Å². The maximum absolute atomic E-state index is 12.2. The lowest BCUT2D eigenvalue weighted by atomic mass is 9.93. The first-order valence-electron chi connectivity index (χ1n) is 5.55. The Bertz CT molecular complexity index is 454. The molecule has 0 unspecified atom stereocenters. The number of methoxy groups -OCH3 is 1. The zero-order valence-electron chi connectivity index (χ0n) is 10.6. The topological polar surface area (TPSA) is 38.8 Å². The van der Waals surface area contributed by atoms with Gasteiger partial charge in [-0.05, 0) is 26.0 Å². The average molecular weight is 235 g/mol. The monoisotopic (exact) mass is 235 g/mol. The van der Waals surface area contributed by atoms with Crippen molar-refractivity contribution in [2.24, 2.45) is 5.41 Å². The molecule has 0 fully saturated rings. The van der Waals surface area contributed by atoms with Crippen LogP contribution < -0.4 is 14.4 Å². The largest absolute Gasteiger partial charge is 0.497 e. The van der Waals surface area contributed by atoms with Crippen LogP contribution in [-0.4, -0.2) is 26.7 Å². The van der Waals surface area contributed by atoms with E-state index in [1.807, 2.05) is 32.0 Å². The number of carbonyl (C=O) groups is 1. The summed E-state index contributed by atoms with van der Waals surface area (Å²) in [5, 5.41) is 0. The zero-order chi connectivity index (χ0) is 12.6. The summed E-state index contributed by atoms with van der Waals surface area (Å²) in [7, 11) is 3.36. The second-order valence-corrected chi connectivity index (χ2v) is 4.87. The fourth-order valence-electron chi connectivity index (χ4n) is 1.89. The van der Waals surface area contributed by atoms with Gasteiger partial charge in [0.15, 0.2) is 0 Å². The van der Waals surface area contributed by atoms with Gasteiger partial charge in [0, 0.05) is 13.1 Å². The van der Waals surface area contributed by atoms with Crippen LogP contribution in [-0.2, 0) is 4.79 Å². The van der Waals surface area contributed by atoms with Crippen molar-refractivity contribution in [1.82, 2.24) is 0 Å². The van der Waals surface area contributed by atoms with Crippen LogP contribution in [0, 0.1) is 5.41 Å². The van der Waals surface area contributed by atoms with Crippen LogP contribution >= 0.6 is 0 Å². The molecular formula is C13H17NO3. The summed E-state index contributed by atoms with van der Waals surface area (Å²) in [4.78, 5) is 13.9. The second kappa shape index (κ2) is 3.95. The summed E-state index contributed by atoms with van der Waals surface area (Å²) < 4.78 is 10.8. The molecule has 1 aliphatic heterocycles. The SMILES string of the molecule is COc1ccc2c(c1)N(C)C(=O)C(C)(C)CO2. The number of nitrogens with zero attached hydrogens (tertiary/aromatic N) is 1. The van der Waals surface area contributed by atoms with E-state index in [0.29, 0.717) is 18.1 Å². The Kier molecular flexibility index (Phi) is 2.73. The Morgan fingerprint density at radius 1 is 1.41 bits per heavy atom. The Morgan fingerprint density at radius 2 is 2.12 bits per heavy atom. The van der Waals surface area contributed by atoms with E-state index in [1.54, 1.807) is 19.1 Å². The van der Waals surface area contributed by atoms with E-state index in [1.165, 1.54) is 0 Å². The van der Waals surface area contributed by atoms with E-state index in [0.717, 1.165) is 5.69 Å². The van der Waals surface area contributed by atoms with E-state index in [4.69, 9.17) is 9.47 Å². The minimum atomic E-state index is -0.513. The Hall–Kier alpha value is -1.71. The molecule has 1 heterocycles. The number of fused-ring (bicyclic) bond motifs is 1. The van der Waals surface area contributed by atoms with E-state index < -0.39 is 5.41 Å². The number of amides is 1. The molecule has 0 N–H and O–H groups in total. The fraction of sp³-hybridized carbons (Fsp3) is 0.462. The first-order valence-corrected chi connectivity index (χ1v) is 5.55. The van der Waals surface area contributed by atoms with Crippen molar-refractivity contribution in [2.75, 3.05) is 25.7 Å². The molecule has 0 saturated heterocycles. The summed E-state index contributed by atoms with van der Waals surface area (Å²) in [6.45, 7) is 4.15. The molecule has 1 aromatic rings. The third-order valence-corrected chi connectivity index (χ3v) is 3.00. The molecule has 0 atom stereocenters. The number of benzene rings is 1. The van der Waals surface area contributed by atoms with Crippen molar-refractivity contribution in [2.45, 2.75) is 13.8 Å². The quantitative estimate of drug-likeness (QED) is 0.748. The van der Waals surface area contributed by atoms with E-state index in [2.05, 4.69) is 0 Å². The third-order valence-electron chi connectivity index (χ3n) is 3.00. The molecule has 2 rings (SSSR count). The van der Waals surface area contributed by atoms with E-state index in [9.17, 15) is 4.79 Å². The maximum Gasteiger partial charge on any atom is 0.235 e. The number of hydrogen-bond donors (Lipinski definition) is 0. The molecule has 4 nitrogen and oxygen atoms in total. The molecule has 0 saturated carbocycles. The molecule has 0 bridgehead atoms. The Morgan fingerprint density at radius 3 is 2.76 bits per heavy atom. The van der Waals surface area contributed by atoms with Crippen LogP contribution in [0.2, 0.25) is 0 Å². The summed E-state index contributed by atoms with van der Waals surface area (Å²) in [6, 6.07) is 5.48. The molecule has 4 heteroatoms. The van der Waals surface area contributed by atoms with Gasteiger partial charge in [-0.15, -0.1) is 0 Å². The van der Waals surface area contributed by atoms with Gasteiger partial charge in [-0.25, -0.2) is 0 Å². The van der Waals surface area contributed by atoms with Gasteiger partial charge in [0.05, 0.1) is 18.2 Å². The number of anilines is 1. The van der Waals surface area contributed by atoms with E-state index >= 15 is 0 Å². The number of hydrogen-bond acceptors (Lipinski definition) is 3. The first-order chi connectivity index (χ1) is 7.95. The minimum absolute atomic E-state index is 0.0458. The summed E-state index contributed by atoms with van der Waals surface area (Å²) in [5.41, 5.74) is 0.237. The van der Waals surface area contributed by atoms with Gasteiger partial charge in [-0.3, -0.25) is 4.79 Å². The van der Waals surface area contributed by atoms with Crippen molar-refractivity contribution in [3.63, 3.8) is 0 Å². The molecule has 1 amide bonds. The summed E-state index contributed by atoms with van der Waals surface area (Å²) >= 11 is 0. The van der Waals surface area contributed by atoms with E-state index in [-0.39, 0.29) is 5.91 Å². The van der Waals surface area contributed by atoms with Crippen LogP contribution in [0.5, 0.6) is 11.5 Å².